The van der Waals surface area contributed by atoms with E-state index < -0.39 is 57.1 Å². The van der Waals surface area contributed by atoms with Gasteiger partial charge in [-0.05, 0) is 25.0 Å². The van der Waals surface area contributed by atoms with Crippen LogP contribution in [0.2, 0.25) is 5.02 Å². The minimum atomic E-state index is -4.66. The van der Waals surface area contributed by atoms with Crippen LogP contribution in [0.4, 0.5) is 0 Å². The van der Waals surface area contributed by atoms with Gasteiger partial charge in [0.2, 0.25) is 0 Å². The summed E-state index contributed by atoms with van der Waals surface area (Å²) >= 11 is 5.83. The lowest BCUT2D eigenvalue weighted by atomic mass is 9.96. The number of carbonyl (C=O) groups is 2. The molecule has 1 saturated heterocycles. The lowest BCUT2D eigenvalue weighted by molar-refractivity contribution is -0.144. The Hall–Kier alpha value is -2.71. The number of piperidine rings is 1. The molecule has 1 aliphatic heterocycles. The van der Waals surface area contributed by atoms with Crippen LogP contribution in [0.1, 0.15) is 23.2 Å². The van der Waals surface area contributed by atoms with Crippen molar-refractivity contribution in [3.8, 4) is 5.75 Å². The summed E-state index contributed by atoms with van der Waals surface area (Å²) in [6, 6.07) is 1.92. The van der Waals surface area contributed by atoms with Gasteiger partial charge in [0.25, 0.3) is 16.0 Å². The van der Waals surface area contributed by atoms with Crippen molar-refractivity contribution >= 4 is 44.6 Å². The van der Waals surface area contributed by atoms with Crippen molar-refractivity contribution in [2.24, 2.45) is 5.92 Å². The molecule has 180 valence electrons. The van der Waals surface area contributed by atoms with Gasteiger partial charge < -0.3 is 25.1 Å². The number of carboxylic acids is 1. The molecule has 14 heteroatoms. The normalized spacial score (nSPS) is 17.5. The Labute approximate surface area is 192 Å². The quantitative estimate of drug-likeness (QED) is 0.256. The van der Waals surface area contributed by atoms with Gasteiger partial charge >= 0.3 is 11.6 Å². The summed E-state index contributed by atoms with van der Waals surface area (Å²) < 4.78 is 37.2. The number of fused-ring (bicyclic) bond motifs is 1. The zero-order valence-corrected chi connectivity index (χ0v) is 18.5. The van der Waals surface area contributed by atoms with E-state index in [9.17, 15) is 37.6 Å². The fourth-order valence-corrected chi connectivity index (χ4v) is 4.51. The van der Waals surface area contributed by atoms with Crippen LogP contribution in [0.15, 0.2) is 27.4 Å². The Morgan fingerprint density at radius 2 is 1.88 bits per heavy atom. The predicted octanol–water partition coefficient (Wildman–Crippen LogP) is 0.253. The van der Waals surface area contributed by atoms with Crippen molar-refractivity contribution in [3.63, 3.8) is 0 Å². The van der Waals surface area contributed by atoms with Crippen LogP contribution in [0, 0.1) is 5.92 Å². The number of likely N-dealkylation sites (tertiary alicyclic amines) is 1. The lowest BCUT2D eigenvalue weighted by Crippen LogP contribution is -2.56. The second kappa shape index (κ2) is 9.65. The second-order valence-corrected chi connectivity index (χ2v) is 9.58. The summed E-state index contributed by atoms with van der Waals surface area (Å²) in [5, 5.41) is 31.7. The molecule has 2 heterocycles. The number of carbonyl (C=O) groups excluding carboxylic acids is 1. The van der Waals surface area contributed by atoms with Gasteiger partial charge in [0.05, 0.1) is 22.7 Å². The van der Waals surface area contributed by atoms with Crippen LogP contribution >= 0.6 is 11.6 Å². The van der Waals surface area contributed by atoms with Crippen LogP contribution in [0.5, 0.6) is 5.75 Å². The lowest BCUT2D eigenvalue weighted by Gasteiger charge is -2.37. The third-order valence-corrected chi connectivity index (χ3v) is 6.45. The highest BCUT2D eigenvalue weighted by molar-refractivity contribution is 7.85. The highest BCUT2D eigenvalue weighted by atomic mass is 35.5. The number of nitrogens with zero attached hydrogens (tertiary/aromatic N) is 1. The van der Waals surface area contributed by atoms with Crippen molar-refractivity contribution in [3.05, 3.63) is 39.2 Å². The van der Waals surface area contributed by atoms with Crippen LogP contribution in [-0.2, 0) is 14.9 Å². The molecule has 3 rings (SSSR count). The summed E-state index contributed by atoms with van der Waals surface area (Å²) in [6.45, 7) is 0.214. The van der Waals surface area contributed by atoms with Crippen molar-refractivity contribution in [1.82, 2.24) is 10.2 Å². The first-order valence-electron chi connectivity index (χ1n) is 9.73. The molecular weight excluding hydrogens is 484 g/mol. The Morgan fingerprint density at radius 1 is 1.24 bits per heavy atom. The van der Waals surface area contributed by atoms with Gasteiger partial charge in [-0.25, -0.2) is 4.79 Å². The fourth-order valence-electron chi connectivity index (χ4n) is 3.63. The highest BCUT2D eigenvalue weighted by Gasteiger charge is 2.35. The first-order chi connectivity index (χ1) is 15.4. The number of phenols is 1. The molecule has 0 spiro atoms. The molecule has 1 aliphatic rings. The van der Waals surface area contributed by atoms with Crippen molar-refractivity contribution < 1.29 is 42.3 Å². The van der Waals surface area contributed by atoms with E-state index in [1.54, 1.807) is 0 Å². The summed E-state index contributed by atoms with van der Waals surface area (Å²) in [4.78, 5) is 37.5. The van der Waals surface area contributed by atoms with Gasteiger partial charge in [-0.2, -0.15) is 8.42 Å². The number of nitrogens with one attached hydrogen (secondary N) is 1. The summed E-state index contributed by atoms with van der Waals surface area (Å²) in [6.07, 6.45) is -1.20. The molecular formula is C19H21ClN2O10S. The first-order valence-corrected chi connectivity index (χ1v) is 11.7. The van der Waals surface area contributed by atoms with Crippen molar-refractivity contribution in [2.75, 3.05) is 18.8 Å². The average molecular weight is 505 g/mol. The molecule has 12 nitrogen and oxygen atoms in total. The molecule has 1 aromatic heterocycles. The van der Waals surface area contributed by atoms with Crippen LogP contribution < -0.4 is 10.9 Å². The summed E-state index contributed by atoms with van der Waals surface area (Å²) in [7, 11) is -4.66. The van der Waals surface area contributed by atoms with Gasteiger partial charge in [-0.3, -0.25) is 19.0 Å². The minimum absolute atomic E-state index is 0.0470. The van der Waals surface area contributed by atoms with E-state index in [2.05, 4.69) is 5.32 Å². The van der Waals surface area contributed by atoms with E-state index in [0.717, 1.165) is 12.1 Å². The van der Waals surface area contributed by atoms with Gasteiger partial charge in [-0.15, -0.1) is 0 Å². The predicted molar refractivity (Wildman–Crippen MR) is 115 cm³/mol. The average Bonchev–Trinajstić information content (AvgIpc) is 2.72. The SMILES string of the molecule is O=C(NC(CS(=O)(=O)O)C(O)N1CCC(C(=O)O)CC1)c1cc2cc(Cl)c(O)cc2oc1=O. The van der Waals surface area contributed by atoms with E-state index in [1.165, 1.54) is 11.0 Å². The number of aromatic hydroxyl groups is 1. The molecule has 1 fully saturated rings. The number of hydrogen-bond donors (Lipinski definition) is 5. The topological polar surface area (TPSA) is 195 Å². The number of aliphatic hydroxyl groups excluding tert-OH is 1. The molecule has 2 atom stereocenters. The number of halogens is 1. The third kappa shape index (κ3) is 6.00. The number of amides is 1. The summed E-state index contributed by atoms with van der Waals surface area (Å²) in [5.41, 5.74) is -1.67. The minimum Gasteiger partial charge on any atom is -0.506 e. The van der Waals surface area contributed by atoms with E-state index in [0.29, 0.717) is 0 Å². The largest absolute Gasteiger partial charge is 0.506 e. The molecule has 0 radical (unpaired) electrons. The fraction of sp³-hybridized carbons (Fsp3) is 0.421. The maximum Gasteiger partial charge on any atom is 0.349 e. The maximum atomic E-state index is 12.7. The van der Waals surface area contributed by atoms with Gasteiger partial charge in [-0.1, -0.05) is 11.6 Å². The molecule has 33 heavy (non-hydrogen) atoms. The first kappa shape index (κ1) is 24.9. The Balaban J connectivity index is 1.85. The van der Waals surface area contributed by atoms with Crippen molar-refractivity contribution in [2.45, 2.75) is 25.1 Å². The molecule has 0 aliphatic carbocycles. The number of rotatable bonds is 7. The second-order valence-electron chi connectivity index (χ2n) is 7.68. The molecule has 2 aromatic rings. The number of benzene rings is 1. The third-order valence-electron chi connectivity index (χ3n) is 5.37. The number of carboxylic acid groups (broad SMARTS) is 1. The van der Waals surface area contributed by atoms with Crippen LogP contribution in [0.25, 0.3) is 11.0 Å². The zero-order chi connectivity index (χ0) is 24.5. The van der Waals surface area contributed by atoms with Gasteiger partial charge in [0, 0.05) is 24.5 Å². The molecule has 1 aromatic carbocycles. The smallest absolute Gasteiger partial charge is 0.349 e. The van der Waals surface area contributed by atoms with Crippen LogP contribution in [0.3, 0.4) is 0 Å². The Bertz CT molecular complexity index is 1240. The maximum absolute atomic E-state index is 12.7. The molecule has 0 saturated carbocycles. The van der Waals surface area contributed by atoms with Gasteiger partial charge in [0.1, 0.15) is 23.1 Å². The zero-order valence-electron chi connectivity index (χ0n) is 17.0. The molecule has 0 bridgehead atoms. The van der Waals surface area contributed by atoms with Crippen molar-refractivity contribution in [1.29, 1.82) is 0 Å². The highest BCUT2D eigenvalue weighted by Crippen LogP contribution is 2.28. The van der Waals surface area contributed by atoms with Crippen LogP contribution in [-0.4, -0.2) is 76.2 Å². The monoisotopic (exact) mass is 504 g/mol. The van der Waals surface area contributed by atoms with E-state index >= 15 is 0 Å². The van der Waals surface area contributed by atoms with E-state index in [4.69, 9.17) is 21.1 Å². The summed E-state index contributed by atoms with van der Waals surface area (Å²) in [5.74, 6) is -4.08. The molecule has 1 amide bonds. The number of aliphatic hydroxyl groups is 1. The Kier molecular flexibility index (Phi) is 7.29. The molecule has 5 N–H and O–H groups in total. The van der Waals surface area contributed by atoms with E-state index in [1.807, 2.05) is 0 Å². The van der Waals surface area contributed by atoms with E-state index in [-0.39, 0.29) is 47.7 Å². The number of phenolic OH excluding ortho intramolecular Hbond substituents is 1. The molecule has 2 unspecified atom stereocenters. The number of aliphatic carboxylic acids is 1. The standard InChI is InChI=1S/C19H21ClN2O10S/c20-12-6-10-5-11(19(28)32-15(10)7-14(12)23)16(24)21-13(8-33(29,30)31)17(25)22-3-1-9(2-4-22)18(26)27/h5-7,9,13,17,23,25H,1-4,8H2,(H,21,24)(H,26,27)(H,29,30,31). The number of hydrogen-bond acceptors (Lipinski definition) is 9. The van der Waals surface area contributed by atoms with Gasteiger partial charge in [0.15, 0.2) is 0 Å². The Morgan fingerprint density at radius 3 is 2.45 bits per heavy atom.